The zero-order chi connectivity index (χ0) is 13.4. The first-order valence-corrected chi connectivity index (χ1v) is 6.50. The fraction of sp³-hybridized carbons (Fsp3) is 0.400. The van der Waals surface area contributed by atoms with Crippen LogP contribution >= 0.6 is 0 Å². The van der Waals surface area contributed by atoms with Gasteiger partial charge in [0.2, 0.25) is 0 Å². The minimum Gasteiger partial charge on any atom is -0.489 e. The summed E-state index contributed by atoms with van der Waals surface area (Å²) in [5.41, 5.74) is 4.09. The SMILES string of the molecule is Cc1noc(C)c1COc1ccc2c(c1)CC[C@@H]2O. The fourth-order valence-electron chi connectivity index (χ4n) is 2.52. The van der Waals surface area contributed by atoms with Gasteiger partial charge in [-0.05, 0) is 49.9 Å². The maximum Gasteiger partial charge on any atom is 0.140 e. The van der Waals surface area contributed by atoms with E-state index in [0.29, 0.717) is 6.61 Å². The molecule has 1 aromatic carbocycles. The minimum absolute atomic E-state index is 0.313. The third-order valence-corrected chi connectivity index (χ3v) is 3.72. The van der Waals surface area contributed by atoms with Gasteiger partial charge < -0.3 is 14.4 Å². The summed E-state index contributed by atoms with van der Waals surface area (Å²) in [5.74, 6) is 1.63. The number of aromatic nitrogens is 1. The predicted molar refractivity (Wildman–Crippen MR) is 70.0 cm³/mol. The van der Waals surface area contributed by atoms with Gasteiger partial charge in [-0.15, -0.1) is 0 Å². The monoisotopic (exact) mass is 259 g/mol. The smallest absolute Gasteiger partial charge is 0.140 e. The van der Waals surface area contributed by atoms with Crippen LogP contribution in [0.3, 0.4) is 0 Å². The Morgan fingerprint density at radius 2 is 2.26 bits per heavy atom. The Balaban J connectivity index is 1.75. The Bertz CT molecular complexity index is 584. The molecule has 1 aromatic heterocycles. The number of ether oxygens (including phenoxy) is 1. The Morgan fingerprint density at radius 3 is 3.00 bits per heavy atom. The molecular formula is C15H17NO3. The Morgan fingerprint density at radius 1 is 1.42 bits per heavy atom. The number of aliphatic hydroxyl groups is 1. The molecule has 4 heteroatoms. The first kappa shape index (κ1) is 12.2. The summed E-state index contributed by atoms with van der Waals surface area (Å²) in [6, 6.07) is 5.88. The lowest BCUT2D eigenvalue weighted by atomic mass is 10.1. The van der Waals surface area contributed by atoms with Crippen molar-refractivity contribution in [1.82, 2.24) is 5.16 Å². The minimum atomic E-state index is -0.313. The van der Waals surface area contributed by atoms with Crippen LogP contribution in [-0.4, -0.2) is 10.3 Å². The second kappa shape index (κ2) is 4.70. The van der Waals surface area contributed by atoms with Gasteiger partial charge in [-0.1, -0.05) is 11.2 Å². The highest BCUT2D eigenvalue weighted by Crippen LogP contribution is 2.33. The highest BCUT2D eigenvalue weighted by Gasteiger charge is 2.20. The number of hydrogen-bond donors (Lipinski definition) is 1. The number of aryl methyl sites for hydroxylation is 3. The molecule has 1 heterocycles. The molecule has 2 aromatic rings. The summed E-state index contributed by atoms with van der Waals surface area (Å²) in [6.07, 6.45) is 1.41. The molecule has 1 aliphatic carbocycles. The first-order valence-electron chi connectivity index (χ1n) is 6.50. The third kappa shape index (κ3) is 2.24. The molecule has 3 rings (SSSR count). The molecule has 0 fully saturated rings. The summed E-state index contributed by atoms with van der Waals surface area (Å²) in [7, 11) is 0. The molecule has 0 bridgehead atoms. The topological polar surface area (TPSA) is 55.5 Å². The summed E-state index contributed by atoms with van der Waals surface area (Å²) in [6.45, 7) is 4.26. The lowest BCUT2D eigenvalue weighted by molar-refractivity contribution is 0.180. The highest BCUT2D eigenvalue weighted by molar-refractivity contribution is 5.40. The predicted octanol–water partition coefficient (Wildman–Crippen LogP) is 2.85. The first-order chi connectivity index (χ1) is 9.15. The van der Waals surface area contributed by atoms with Gasteiger partial charge >= 0.3 is 0 Å². The van der Waals surface area contributed by atoms with E-state index in [1.807, 2.05) is 32.0 Å². The van der Waals surface area contributed by atoms with E-state index in [0.717, 1.165) is 41.2 Å². The normalized spacial score (nSPS) is 17.5. The zero-order valence-corrected chi connectivity index (χ0v) is 11.1. The Labute approximate surface area is 112 Å². The number of rotatable bonds is 3. The van der Waals surface area contributed by atoms with Gasteiger partial charge in [0.25, 0.3) is 0 Å². The highest BCUT2D eigenvalue weighted by atomic mass is 16.5. The molecule has 1 aliphatic rings. The second-order valence-electron chi connectivity index (χ2n) is 5.01. The molecule has 100 valence electrons. The van der Waals surface area contributed by atoms with Crippen molar-refractivity contribution < 1.29 is 14.4 Å². The number of fused-ring (bicyclic) bond motifs is 1. The van der Waals surface area contributed by atoms with Gasteiger partial charge in [0.1, 0.15) is 18.1 Å². The molecule has 1 N–H and O–H groups in total. The van der Waals surface area contributed by atoms with Crippen molar-refractivity contribution in [2.24, 2.45) is 0 Å². The molecular weight excluding hydrogens is 242 g/mol. The van der Waals surface area contributed by atoms with E-state index in [1.54, 1.807) is 0 Å². The average Bonchev–Trinajstić information content (AvgIpc) is 2.92. The van der Waals surface area contributed by atoms with Crippen LogP contribution in [0.4, 0.5) is 0 Å². The summed E-state index contributed by atoms with van der Waals surface area (Å²) in [5, 5.41) is 13.7. The third-order valence-electron chi connectivity index (χ3n) is 3.72. The van der Waals surface area contributed by atoms with Crippen LogP contribution < -0.4 is 4.74 Å². The second-order valence-corrected chi connectivity index (χ2v) is 5.01. The van der Waals surface area contributed by atoms with E-state index >= 15 is 0 Å². The number of aliphatic hydroxyl groups excluding tert-OH is 1. The summed E-state index contributed by atoms with van der Waals surface area (Å²) >= 11 is 0. The Kier molecular flexibility index (Phi) is 3.03. The molecule has 1 atom stereocenters. The summed E-state index contributed by atoms with van der Waals surface area (Å²) in [4.78, 5) is 0. The largest absolute Gasteiger partial charge is 0.489 e. The average molecular weight is 259 g/mol. The van der Waals surface area contributed by atoms with Crippen LogP contribution in [0.25, 0.3) is 0 Å². The van der Waals surface area contributed by atoms with Gasteiger partial charge in [-0.25, -0.2) is 0 Å². The molecule has 0 saturated carbocycles. The van der Waals surface area contributed by atoms with Crippen molar-refractivity contribution in [1.29, 1.82) is 0 Å². The van der Waals surface area contributed by atoms with Crippen LogP contribution in [0.5, 0.6) is 5.75 Å². The summed E-state index contributed by atoms with van der Waals surface area (Å²) < 4.78 is 10.9. The standard InChI is InChI=1S/C15H17NO3/c1-9-14(10(2)19-16-9)8-18-12-4-5-13-11(7-12)3-6-15(13)17/h4-5,7,15,17H,3,6,8H2,1-2H3/t15-/m0/s1. The van der Waals surface area contributed by atoms with E-state index < -0.39 is 0 Å². The molecule has 0 amide bonds. The quantitative estimate of drug-likeness (QED) is 0.920. The van der Waals surface area contributed by atoms with Crippen molar-refractivity contribution in [3.05, 3.63) is 46.3 Å². The number of benzene rings is 1. The van der Waals surface area contributed by atoms with Crippen LogP contribution in [-0.2, 0) is 13.0 Å². The van der Waals surface area contributed by atoms with Gasteiger partial charge in [0.15, 0.2) is 0 Å². The number of hydrogen-bond acceptors (Lipinski definition) is 4. The van der Waals surface area contributed by atoms with Crippen LogP contribution in [0.1, 0.15) is 40.7 Å². The van der Waals surface area contributed by atoms with Gasteiger partial charge in [0.05, 0.1) is 17.4 Å². The van der Waals surface area contributed by atoms with Crippen molar-refractivity contribution in [3.63, 3.8) is 0 Å². The zero-order valence-electron chi connectivity index (χ0n) is 11.1. The van der Waals surface area contributed by atoms with E-state index in [-0.39, 0.29) is 6.10 Å². The van der Waals surface area contributed by atoms with Crippen molar-refractivity contribution in [3.8, 4) is 5.75 Å². The van der Waals surface area contributed by atoms with Crippen LogP contribution in [0.15, 0.2) is 22.7 Å². The van der Waals surface area contributed by atoms with Gasteiger partial charge in [-0.3, -0.25) is 0 Å². The molecule has 0 saturated heterocycles. The molecule has 0 unspecified atom stereocenters. The van der Waals surface area contributed by atoms with Gasteiger partial charge in [0, 0.05) is 0 Å². The Hall–Kier alpha value is -1.81. The van der Waals surface area contributed by atoms with Gasteiger partial charge in [-0.2, -0.15) is 0 Å². The van der Waals surface area contributed by atoms with E-state index in [2.05, 4.69) is 5.16 Å². The lowest BCUT2D eigenvalue weighted by Crippen LogP contribution is -1.98. The van der Waals surface area contributed by atoms with E-state index in [4.69, 9.17) is 9.26 Å². The molecule has 0 radical (unpaired) electrons. The molecule has 4 nitrogen and oxygen atoms in total. The van der Waals surface area contributed by atoms with Crippen molar-refractivity contribution in [2.45, 2.75) is 39.4 Å². The van der Waals surface area contributed by atoms with Crippen molar-refractivity contribution >= 4 is 0 Å². The lowest BCUT2D eigenvalue weighted by Gasteiger charge is -2.09. The maximum atomic E-state index is 9.76. The van der Waals surface area contributed by atoms with E-state index in [9.17, 15) is 5.11 Å². The van der Waals surface area contributed by atoms with Crippen molar-refractivity contribution in [2.75, 3.05) is 0 Å². The van der Waals surface area contributed by atoms with Crippen LogP contribution in [0.2, 0.25) is 0 Å². The number of nitrogens with zero attached hydrogens (tertiary/aromatic N) is 1. The van der Waals surface area contributed by atoms with Crippen LogP contribution in [0, 0.1) is 13.8 Å². The molecule has 0 aliphatic heterocycles. The maximum absolute atomic E-state index is 9.76. The van der Waals surface area contributed by atoms with E-state index in [1.165, 1.54) is 5.56 Å². The fourth-order valence-corrected chi connectivity index (χ4v) is 2.52. The molecule has 0 spiro atoms. The molecule has 19 heavy (non-hydrogen) atoms.